The van der Waals surface area contributed by atoms with Crippen LogP contribution in [0.25, 0.3) is 11.1 Å². The normalized spacial score (nSPS) is 24.8. The Bertz CT molecular complexity index is 959. The molecule has 0 spiro atoms. The van der Waals surface area contributed by atoms with Crippen molar-refractivity contribution in [2.24, 2.45) is 5.92 Å². The number of carbonyl (C=O) groups is 1. The Labute approximate surface area is 166 Å². The van der Waals surface area contributed by atoms with E-state index in [9.17, 15) is 13.2 Å². The summed E-state index contributed by atoms with van der Waals surface area (Å²) in [5.74, 6) is 0.405. The number of carbonyl (C=O) groups excluding carboxylic acids is 1. The molecule has 1 saturated carbocycles. The van der Waals surface area contributed by atoms with Crippen LogP contribution in [0.5, 0.6) is 0 Å². The maximum absolute atomic E-state index is 13.1. The summed E-state index contributed by atoms with van der Waals surface area (Å²) in [6, 6.07) is 18.4. The lowest BCUT2D eigenvalue weighted by Crippen LogP contribution is -2.49. The number of benzene rings is 2. The molecule has 5 nitrogen and oxygen atoms in total. The molecule has 1 saturated heterocycles. The predicted octanol–water partition coefficient (Wildman–Crippen LogP) is 3.00. The van der Waals surface area contributed by atoms with E-state index in [1.54, 1.807) is 0 Å². The molecular weight excluding hydrogens is 372 g/mol. The van der Waals surface area contributed by atoms with Crippen LogP contribution < -0.4 is 4.72 Å². The van der Waals surface area contributed by atoms with Gasteiger partial charge in [-0.25, -0.2) is 13.1 Å². The highest BCUT2D eigenvalue weighted by molar-refractivity contribution is 7.88. The number of nitrogens with one attached hydrogen (secondary N) is 1. The van der Waals surface area contributed by atoms with Crippen molar-refractivity contribution < 1.29 is 13.2 Å². The van der Waals surface area contributed by atoms with Crippen LogP contribution in [0.15, 0.2) is 54.6 Å². The molecule has 1 aliphatic heterocycles. The molecule has 1 N–H and O–H groups in total. The van der Waals surface area contributed by atoms with E-state index in [0.29, 0.717) is 13.1 Å². The average molecular weight is 399 g/mol. The molecule has 2 aliphatic rings. The summed E-state index contributed by atoms with van der Waals surface area (Å²) in [4.78, 5) is 14.9. The Hall–Kier alpha value is -2.18. The van der Waals surface area contributed by atoms with Crippen LogP contribution in [0.2, 0.25) is 0 Å². The number of hydrogen-bond donors (Lipinski definition) is 1. The molecule has 2 fully saturated rings. The first-order chi connectivity index (χ1) is 13.4. The first kappa shape index (κ1) is 19.2. The number of piperidine rings is 1. The lowest BCUT2D eigenvalue weighted by Gasteiger charge is -2.33. The van der Waals surface area contributed by atoms with Crippen molar-refractivity contribution in [2.75, 3.05) is 19.3 Å². The van der Waals surface area contributed by atoms with Gasteiger partial charge >= 0.3 is 0 Å². The van der Waals surface area contributed by atoms with Gasteiger partial charge in [0.1, 0.15) is 0 Å². The Morgan fingerprint density at radius 3 is 2.54 bits per heavy atom. The number of nitrogens with zero attached hydrogens (tertiary/aromatic N) is 1. The summed E-state index contributed by atoms with van der Waals surface area (Å²) in [5, 5.41) is 0. The minimum absolute atomic E-state index is 0.00171. The molecule has 0 bridgehead atoms. The van der Waals surface area contributed by atoms with Crippen LogP contribution in [-0.4, -0.2) is 44.6 Å². The van der Waals surface area contributed by atoms with Crippen LogP contribution in [0.1, 0.15) is 30.7 Å². The van der Waals surface area contributed by atoms with E-state index in [1.807, 2.05) is 35.2 Å². The highest BCUT2D eigenvalue weighted by atomic mass is 32.2. The van der Waals surface area contributed by atoms with Crippen molar-refractivity contribution in [3.05, 3.63) is 60.2 Å². The van der Waals surface area contributed by atoms with Gasteiger partial charge in [-0.3, -0.25) is 4.79 Å². The largest absolute Gasteiger partial charge is 0.341 e. The highest BCUT2D eigenvalue weighted by Crippen LogP contribution is 2.51. The quantitative estimate of drug-likeness (QED) is 0.842. The van der Waals surface area contributed by atoms with Gasteiger partial charge in [0, 0.05) is 25.0 Å². The van der Waals surface area contributed by atoms with E-state index in [0.717, 1.165) is 19.3 Å². The van der Waals surface area contributed by atoms with Gasteiger partial charge in [0.15, 0.2) is 0 Å². The molecule has 6 heteroatoms. The minimum atomic E-state index is -3.26. The van der Waals surface area contributed by atoms with Gasteiger partial charge in [0.25, 0.3) is 0 Å². The van der Waals surface area contributed by atoms with E-state index in [2.05, 4.69) is 29.0 Å². The zero-order chi connectivity index (χ0) is 19.7. The van der Waals surface area contributed by atoms with Crippen molar-refractivity contribution in [3.8, 4) is 11.1 Å². The highest BCUT2D eigenvalue weighted by Gasteiger charge is 2.47. The van der Waals surface area contributed by atoms with Gasteiger partial charge in [0.05, 0.1) is 6.26 Å². The van der Waals surface area contributed by atoms with Gasteiger partial charge in [-0.1, -0.05) is 54.6 Å². The standard InChI is InChI=1S/C22H26N2O3S/c1-28(26,27)23-17-10-7-13-24(15-17)22(25)21-14-20(21)19-12-6-5-11-18(19)16-8-3-2-4-9-16/h2-6,8-9,11-12,17,20-21,23H,7,10,13-15H2,1H3/t17-,20-,21+/m0/s1. The third kappa shape index (κ3) is 4.28. The summed E-state index contributed by atoms with van der Waals surface area (Å²) in [7, 11) is -3.26. The van der Waals surface area contributed by atoms with Crippen LogP contribution in [0.3, 0.4) is 0 Å². The van der Waals surface area contributed by atoms with E-state index in [1.165, 1.54) is 22.9 Å². The molecule has 148 valence electrons. The maximum atomic E-state index is 13.1. The van der Waals surface area contributed by atoms with Gasteiger partial charge in [-0.15, -0.1) is 0 Å². The third-order valence-electron chi connectivity index (χ3n) is 5.67. The molecule has 3 atom stereocenters. The second-order valence-corrected chi connectivity index (χ2v) is 9.70. The number of amides is 1. The molecule has 0 aromatic heterocycles. The van der Waals surface area contributed by atoms with Crippen LogP contribution >= 0.6 is 0 Å². The predicted molar refractivity (Wildman–Crippen MR) is 110 cm³/mol. The van der Waals surface area contributed by atoms with Gasteiger partial charge < -0.3 is 4.90 Å². The molecule has 0 unspecified atom stereocenters. The van der Waals surface area contributed by atoms with Crippen molar-refractivity contribution in [1.29, 1.82) is 0 Å². The second kappa shape index (κ2) is 7.68. The summed E-state index contributed by atoms with van der Waals surface area (Å²) in [6.45, 7) is 1.18. The van der Waals surface area contributed by atoms with Gasteiger partial charge in [-0.05, 0) is 41.9 Å². The molecular formula is C22H26N2O3S. The summed E-state index contributed by atoms with van der Waals surface area (Å²) < 4.78 is 25.7. The summed E-state index contributed by atoms with van der Waals surface area (Å²) >= 11 is 0. The monoisotopic (exact) mass is 398 g/mol. The van der Waals surface area contributed by atoms with Crippen molar-refractivity contribution >= 4 is 15.9 Å². The van der Waals surface area contributed by atoms with Gasteiger partial charge in [-0.2, -0.15) is 0 Å². The minimum Gasteiger partial charge on any atom is -0.341 e. The topological polar surface area (TPSA) is 66.5 Å². The third-order valence-corrected chi connectivity index (χ3v) is 6.43. The molecule has 2 aromatic carbocycles. The number of rotatable bonds is 5. The maximum Gasteiger partial charge on any atom is 0.226 e. The fourth-order valence-corrected chi connectivity index (χ4v) is 5.12. The zero-order valence-electron chi connectivity index (χ0n) is 16.0. The molecule has 1 amide bonds. The number of sulfonamides is 1. The van der Waals surface area contributed by atoms with E-state index in [-0.39, 0.29) is 23.8 Å². The van der Waals surface area contributed by atoms with E-state index in [4.69, 9.17) is 0 Å². The summed E-state index contributed by atoms with van der Waals surface area (Å²) in [5.41, 5.74) is 3.60. The van der Waals surface area contributed by atoms with Crippen molar-refractivity contribution in [3.63, 3.8) is 0 Å². The van der Waals surface area contributed by atoms with Crippen molar-refractivity contribution in [1.82, 2.24) is 9.62 Å². The second-order valence-electron chi connectivity index (χ2n) is 7.92. The lowest BCUT2D eigenvalue weighted by molar-refractivity contribution is -0.133. The smallest absolute Gasteiger partial charge is 0.226 e. The first-order valence-corrected chi connectivity index (χ1v) is 11.7. The Morgan fingerprint density at radius 1 is 1.07 bits per heavy atom. The SMILES string of the molecule is CS(=O)(=O)N[C@H]1CCCN(C(=O)[C@@H]2C[C@H]2c2ccccc2-c2ccccc2)C1. The van der Waals surface area contributed by atoms with Crippen molar-refractivity contribution in [2.45, 2.75) is 31.2 Å². The molecule has 1 heterocycles. The van der Waals surface area contributed by atoms with Crippen LogP contribution in [-0.2, 0) is 14.8 Å². The molecule has 0 radical (unpaired) electrons. The van der Waals surface area contributed by atoms with Crippen LogP contribution in [0.4, 0.5) is 0 Å². The van der Waals surface area contributed by atoms with Gasteiger partial charge in [0.2, 0.25) is 15.9 Å². The van der Waals surface area contributed by atoms with Crippen LogP contribution in [0, 0.1) is 5.92 Å². The fourth-order valence-electron chi connectivity index (χ4n) is 4.32. The Balaban J connectivity index is 1.47. The Morgan fingerprint density at radius 2 is 1.79 bits per heavy atom. The number of likely N-dealkylation sites (tertiary alicyclic amines) is 1. The summed E-state index contributed by atoms with van der Waals surface area (Å²) in [6.07, 6.45) is 3.65. The molecule has 28 heavy (non-hydrogen) atoms. The Kier molecular flexibility index (Phi) is 5.25. The van der Waals surface area contributed by atoms with E-state index < -0.39 is 10.0 Å². The zero-order valence-corrected chi connectivity index (χ0v) is 16.9. The fraction of sp³-hybridized carbons (Fsp3) is 0.409. The molecule has 4 rings (SSSR count). The average Bonchev–Trinajstić information content (AvgIpc) is 3.48. The number of hydrogen-bond acceptors (Lipinski definition) is 3. The molecule has 2 aromatic rings. The lowest BCUT2D eigenvalue weighted by atomic mass is 9.95. The van der Waals surface area contributed by atoms with E-state index >= 15 is 0 Å². The first-order valence-electron chi connectivity index (χ1n) is 9.83. The molecule has 1 aliphatic carbocycles.